The van der Waals surface area contributed by atoms with Gasteiger partial charge in [-0.3, -0.25) is 0 Å². The number of rotatable bonds is 7. The van der Waals surface area contributed by atoms with Crippen molar-refractivity contribution >= 4 is 60.9 Å². The number of furan rings is 2. The third-order valence-electron chi connectivity index (χ3n) is 10.5. The van der Waals surface area contributed by atoms with Gasteiger partial charge in [0.05, 0.1) is 5.56 Å². The molecule has 0 N–H and O–H groups in total. The molecule has 0 amide bonds. The highest BCUT2D eigenvalue weighted by atomic mass is 16.3. The minimum absolute atomic E-state index is 0.550. The fourth-order valence-electron chi connectivity index (χ4n) is 7.84. The standard InChI is InChI=1S/C51H32N4O2/c1-4-14-34(15-5-1)49-52-50(35-16-6-2-7-17-35)54-51(53-49)43-31-30-39(47-42-21-11-13-23-45(42)57-48(43)47)33-24-26-37(27-25-33)55(36-18-8-3-9-19-36)38-28-29-41-40-20-10-12-22-44(40)56-46(41)32-38/h1-32H. The van der Waals surface area contributed by atoms with Crippen LogP contribution in [-0.2, 0) is 0 Å². The predicted octanol–water partition coefficient (Wildman–Crippen LogP) is 13.8. The number of benzene rings is 8. The van der Waals surface area contributed by atoms with Crippen LogP contribution < -0.4 is 4.90 Å². The Morgan fingerprint density at radius 3 is 1.53 bits per heavy atom. The largest absolute Gasteiger partial charge is 0.456 e. The van der Waals surface area contributed by atoms with Crippen molar-refractivity contribution in [2.45, 2.75) is 0 Å². The van der Waals surface area contributed by atoms with E-state index in [1.165, 1.54) is 0 Å². The van der Waals surface area contributed by atoms with Crippen molar-refractivity contribution in [1.82, 2.24) is 15.0 Å². The van der Waals surface area contributed by atoms with E-state index in [4.69, 9.17) is 23.8 Å². The van der Waals surface area contributed by atoms with Gasteiger partial charge in [-0.1, -0.05) is 133 Å². The van der Waals surface area contributed by atoms with Crippen LogP contribution >= 0.6 is 0 Å². The van der Waals surface area contributed by atoms with Crippen molar-refractivity contribution in [1.29, 1.82) is 0 Å². The van der Waals surface area contributed by atoms with Crippen molar-refractivity contribution in [2.24, 2.45) is 0 Å². The van der Waals surface area contributed by atoms with Crippen LogP contribution in [0.5, 0.6) is 0 Å². The summed E-state index contributed by atoms with van der Waals surface area (Å²) in [6.45, 7) is 0. The summed E-state index contributed by atoms with van der Waals surface area (Å²) in [5.74, 6) is 1.75. The number of anilines is 3. The Kier molecular flexibility index (Phi) is 7.71. The van der Waals surface area contributed by atoms with E-state index in [1.54, 1.807) is 0 Å². The molecule has 0 bridgehead atoms. The summed E-state index contributed by atoms with van der Waals surface area (Å²) in [7, 11) is 0. The summed E-state index contributed by atoms with van der Waals surface area (Å²) in [6.07, 6.45) is 0. The molecule has 0 radical (unpaired) electrons. The molecule has 0 unspecified atom stereocenters. The molecule has 6 nitrogen and oxygen atoms in total. The predicted molar refractivity (Wildman–Crippen MR) is 231 cm³/mol. The number of hydrogen-bond donors (Lipinski definition) is 0. The van der Waals surface area contributed by atoms with Crippen molar-refractivity contribution in [3.05, 3.63) is 194 Å². The van der Waals surface area contributed by atoms with Crippen molar-refractivity contribution in [3.63, 3.8) is 0 Å². The Morgan fingerprint density at radius 2 is 0.842 bits per heavy atom. The van der Waals surface area contributed by atoms with Crippen molar-refractivity contribution in [3.8, 4) is 45.3 Å². The summed E-state index contributed by atoms with van der Waals surface area (Å²) in [4.78, 5) is 17.3. The molecule has 3 aromatic heterocycles. The highest BCUT2D eigenvalue weighted by molar-refractivity contribution is 6.16. The first-order valence-electron chi connectivity index (χ1n) is 18.9. The zero-order chi connectivity index (χ0) is 37.7. The minimum Gasteiger partial charge on any atom is -0.456 e. The van der Waals surface area contributed by atoms with E-state index in [2.05, 4.69) is 102 Å². The Morgan fingerprint density at radius 1 is 0.333 bits per heavy atom. The van der Waals surface area contributed by atoms with Crippen molar-refractivity contribution in [2.75, 3.05) is 4.90 Å². The monoisotopic (exact) mass is 732 g/mol. The van der Waals surface area contributed by atoms with E-state index in [0.29, 0.717) is 17.5 Å². The number of nitrogens with zero attached hydrogens (tertiary/aromatic N) is 4. The molecule has 8 aromatic carbocycles. The topological polar surface area (TPSA) is 68.2 Å². The molecule has 11 aromatic rings. The van der Waals surface area contributed by atoms with E-state index in [0.717, 1.165) is 88.8 Å². The minimum atomic E-state index is 0.550. The highest BCUT2D eigenvalue weighted by Crippen LogP contribution is 2.43. The van der Waals surface area contributed by atoms with E-state index >= 15 is 0 Å². The van der Waals surface area contributed by atoms with Gasteiger partial charge in [-0.2, -0.15) is 0 Å². The lowest BCUT2D eigenvalue weighted by atomic mass is 9.96. The zero-order valence-electron chi connectivity index (χ0n) is 30.6. The smallest absolute Gasteiger partial charge is 0.167 e. The first kappa shape index (κ1) is 32.6. The molecule has 0 atom stereocenters. The van der Waals surface area contributed by atoms with Gasteiger partial charge in [0, 0.05) is 55.8 Å². The fraction of sp³-hybridized carbons (Fsp3) is 0. The second kappa shape index (κ2) is 13.5. The average molecular weight is 733 g/mol. The summed E-state index contributed by atoms with van der Waals surface area (Å²) in [6, 6.07) is 66.3. The molecule has 0 spiro atoms. The lowest BCUT2D eigenvalue weighted by molar-refractivity contribution is 0.669. The summed E-state index contributed by atoms with van der Waals surface area (Å²) in [5.41, 5.74) is 11.1. The van der Waals surface area contributed by atoms with Gasteiger partial charge in [-0.05, 0) is 65.7 Å². The molecular formula is C51H32N4O2. The van der Waals surface area contributed by atoms with Crippen LogP contribution in [0.4, 0.5) is 17.1 Å². The average Bonchev–Trinajstić information content (AvgIpc) is 3.86. The molecule has 11 rings (SSSR count). The maximum atomic E-state index is 6.71. The lowest BCUT2D eigenvalue weighted by Gasteiger charge is -2.25. The van der Waals surface area contributed by atoms with Gasteiger partial charge in [-0.25, -0.2) is 15.0 Å². The Bertz CT molecular complexity index is 3170. The van der Waals surface area contributed by atoms with E-state index in [1.807, 2.05) is 97.1 Å². The molecule has 0 aliphatic carbocycles. The molecule has 57 heavy (non-hydrogen) atoms. The molecule has 268 valence electrons. The maximum absolute atomic E-state index is 6.71. The lowest BCUT2D eigenvalue weighted by Crippen LogP contribution is -2.09. The molecular weight excluding hydrogens is 701 g/mol. The summed E-state index contributed by atoms with van der Waals surface area (Å²) < 4.78 is 13.0. The van der Waals surface area contributed by atoms with Crippen molar-refractivity contribution < 1.29 is 8.83 Å². The summed E-state index contributed by atoms with van der Waals surface area (Å²) in [5, 5.41) is 4.25. The molecule has 0 fully saturated rings. The van der Waals surface area contributed by atoms with E-state index < -0.39 is 0 Å². The Labute approximate surface area is 328 Å². The quantitative estimate of drug-likeness (QED) is 0.162. The second-order valence-corrected chi connectivity index (χ2v) is 14.0. The normalized spacial score (nSPS) is 11.5. The van der Waals surface area contributed by atoms with E-state index in [-0.39, 0.29) is 0 Å². The first-order valence-corrected chi connectivity index (χ1v) is 18.9. The third-order valence-corrected chi connectivity index (χ3v) is 10.5. The highest BCUT2D eigenvalue weighted by Gasteiger charge is 2.22. The number of aromatic nitrogens is 3. The molecule has 3 heterocycles. The molecule has 0 saturated heterocycles. The van der Waals surface area contributed by atoms with Gasteiger partial charge in [-0.15, -0.1) is 0 Å². The van der Waals surface area contributed by atoms with Gasteiger partial charge >= 0.3 is 0 Å². The van der Waals surface area contributed by atoms with Crippen LogP contribution in [0.3, 0.4) is 0 Å². The van der Waals surface area contributed by atoms with Crippen LogP contribution in [0.15, 0.2) is 203 Å². The second-order valence-electron chi connectivity index (χ2n) is 14.0. The Balaban J connectivity index is 1.05. The van der Waals surface area contributed by atoms with Crippen LogP contribution in [0.2, 0.25) is 0 Å². The van der Waals surface area contributed by atoms with Gasteiger partial charge in [0.25, 0.3) is 0 Å². The Hall–Kier alpha value is -7.83. The van der Waals surface area contributed by atoms with Crippen LogP contribution in [-0.4, -0.2) is 15.0 Å². The van der Waals surface area contributed by atoms with Gasteiger partial charge < -0.3 is 13.7 Å². The van der Waals surface area contributed by atoms with Crippen LogP contribution in [0, 0.1) is 0 Å². The number of hydrogen-bond acceptors (Lipinski definition) is 6. The fourth-order valence-corrected chi connectivity index (χ4v) is 7.84. The molecule has 0 aliphatic rings. The molecule has 0 saturated carbocycles. The van der Waals surface area contributed by atoms with Gasteiger partial charge in [0.15, 0.2) is 17.5 Å². The zero-order valence-corrected chi connectivity index (χ0v) is 30.6. The maximum Gasteiger partial charge on any atom is 0.167 e. The molecule has 0 aliphatic heterocycles. The van der Waals surface area contributed by atoms with Gasteiger partial charge in [0.1, 0.15) is 22.3 Å². The first-order chi connectivity index (χ1) is 28.2. The third kappa shape index (κ3) is 5.70. The van der Waals surface area contributed by atoms with Crippen LogP contribution in [0.1, 0.15) is 0 Å². The van der Waals surface area contributed by atoms with Gasteiger partial charge in [0.2, 0.25) is 0 Å². The van der Waals surface area contributed by atoms with Crippen LogP contribution in [0.25, 0.3) is 89.2 Å². The molecule has 6 heteroatoms. The summed E-state index contributed by atoms with van der Waals surface area (Å²) >= 11 is 0. The number of para-hydroxylation sites is 3. The SMILES string of the molecule is c1ccc(-c2nc(-c3ccccc3)nc(-c3ccc(-c4ccc(N(c5ccccc5)c5ccc6c(c5)oc5ccccc56)cc4)c4c3oc3ccccc34)n2)cc1. The number of fused-ring (bicyclic) bond motifs is 6. The van der Waals surface area contributed by atoms with E-state index in [9.17, 15) is 0 Å².